The maximum absolute atomic E-state index is 12.9. The molecule has 0 spiro atoms. The largest absolute Gasteiger partial charge is 0.322 e. The summed E-state index contributed by atoms with van der Waals surface area (Å²) in [6.45, 7) is 3.70. The third kappa shape index (κ3) is 1.67. The van der Waals surface area contributed by atoms with Crippen LogP contribution in [0.2, 0.25) is 0 Å². The molecule has 2 fully saturated rings. The van der Waals surface area contributed by atoms with E-state index in [1.807, 2.05) is 4.90 Å². The van der Waals surface area contributed by atoms with Gasteiger partial charge in [0.1, 0.15) is 0 Å². The van der Waals surface area contributed by atoms with Gasteiger partial charge in [0.25, 0.3) is 0 Å². The van der Waals surface area contributed by atoms with E-state index in [4.69, 9.17) is 0 Å². The van der Waals surface area contributed by atoms with Gasteiger partial charge in [-0.1, -0.05) is 24.3 Å². The molecule has 2 atom stereocenters. The Labute approximate surface area is 120 Å². The first-order valence-electron chi connectivity index (χ1n) is 7.60. The molecule has 1 aromatic rings. The van der Waals surface area contributed by atoms with Gasteiger partial charge in [0.05, 0.1) is 12.1 Å². The maximum atomic E-state index is 12.9. The SMILES string of the molecule is CN1CCN(C(=O)N2C3CCC2c2ccccc23)CC1. The van der Waals surface area contributed by atoms with E-state index in [2.05, 4.69) is 41.1 Å². The first kappa shape index (κ1) is 12.2. The van der Waals surface area contributed by atoms with Gasteiger partial charge in [0, 0.05) is 26.2 Å². The standard InChI is InChI=1S/C16H21N3O/c1-17-8-10-18(11-9-17)16(20)19-14-6-7-15(19)13-5-3-2-4-12(13)14/h2-5,14-15H,6-11H2,1H3. The Hall–Kier alpha value is -1.55. The molecule has 0 aromatic heterocycles. The van der Waals surface area contributed by atoms with E-state index in [1.165, 1.54) is 11.1 Å². The van der Waals surface area contributed by atoms with Gasteiger partial charge >= 0.3 is 6.03 Å². The average molecular weight is 271 g/mol. The van der Waals surface area contributed by atoms with Gasteiger partial charge in [0.15, 0.2) is 0 Å². The van der Waals surface area contributed by atoms with Crippen molar-refractivity contribution in [2.45, 2.75) is 24.9 Å². The van der Waals surface area contributed by atoms with Crippen LogP contribution >= 0.6 is 0 Å². The topological polar surface area (TPSA) is 26.8 Å². The zero-order valence-corrected chi connectivity index (χ0v) is 12.0. The summed E-state index contributed by atoms with van der Waals surface area (Å²) in [6.07, 6.45) is 2.25. The fourth-order valence-electron chi connectivity index (χ4n) is 3.97. The molecule has 4 nitrogen and oxygen atoms in total. The maximum Gasteiger partial charge on any atom is 0.321 e. The van der Waals surface area contributed by atoms with Gasteiger partial charge < -0.3 is 14.7 Å². The molecular formula is C16H21N3O. The Kier molecular flexibility index (Phi) is 2.74. The van der Waals surface area contributed by atoms with Crippen LogP contribution in [-0.4, -0.2) is 54.0 Å². The minimum absolute atomic E-state index is 0.252. The van der Waals surface area contributed by atoms with Crippen molar-refractivity contribution in [3.8, 4) is 0 Å². The summed E-state index contributed by atoms with van der Waals surface area (Å²) in [5.41, 5.74) is 2.76. The summed E-state index contributed by atoms with van der Waals surface area (Å²) in [4.78, 5) is 19.3. The minimum atomic E-state index is 0.252. The molecule has 3 aliphatic heterocycles. The van der Waals surface area contributed by atoms with Crippen molar-refractivity contribution in [3.05, 3.63) is 35.4 Å². The normalized spacial score (nSPS) is 28.9. The van der Waals surface area contributed by atoms with Crippen LogP contribution in [0.1, 0.15) is 36.1 Å². The van der Waals surface area contributed by atoms with Crippen molar-refractivity contribution in [2.75, 3.05) is 33.2 Å². The van der Waals surface area contributed by atoms with E-state index in [1.54, 1.807) is 0 Å². The van der Waals surface area contributed by atoms with Gasteiger partial charge in [-0.15, -0.1) is 0 Å². The van der Waals surface area contributed by atoms with Crippen LogP contribution in [0.25, 0.3) is 0 Å². The average Bonchev–Trinajstić information content (AvgIpc) is 3.04. The fourth-order valence-corrected chi connectivity index (χ4v) is 3.97. The molecule has 3 heterocycles. The Morgan fingerprint density at radius 3 is 2.10 bits per heavy atom. The number of hydrogen-bond acceptors (Lipinski definition) is 2. The molecular weight excluding hydrogens is 250 g/mol. The highest BCUT2D eigenvalue weighted by Crippen LogP contribution is 2.53. The molecule has 2 amide bonds. The highest BCUT2D eigenvalue weighted by atomic mass is 16.2. The number of urea groups is 1. The van der Waals surface area contributed by atoms with E-state index in [0.717, 1.165) is 39.0 Å². The molecule has 2 bridgehead atoms. The van der Waals surface area contributed by atoms with E-state index >= 15 is 0 Å². The number of rotatable bonds is 0. The number of hydrogen-bond donors (Lipinski definition) is 0. The number of carbonyl (C=O) groups is 1. The Balaban J connectivity index is 1.58. The summed E-state index contributed by atoms with van der Waals surface area (Å²) in [5, 5.41) is 0. The molecule has 2 saturated heterocycles. The molecule has 0 aliphatic carbocycles. The number of nitrogens with zero attached hydrogens (tertiary/aromatic N) is 3. The van der Waals surface area contributed by atoms with Crippen LogP contribution < -0.4 is 0 Å². The summed E-state index contributed by atoms with van der Waals surface area (Å²) in [6, 6.07) is 9.48. The molecule has 4 rings (SSSR count). The summed E-state index contributed by atoms with van der Waals surface area (Å²) in [7, 11) is 2.12. The smallest absolute Gasteiger partial charge is 0.321 e. The van der Waals surface area contributed by atoms with Gasteiger partial charge in [-0.3, -0.25) is 0 Å². The highest BCUT2D eigenvalue weighted by Gasteiger charge is 2.47. The third-order valence-electron chi connectivity index (χ3n) is 5.09. The summed E-state index contributed by atoms with van der Waals surface area (Å²) >= 11 is 0. The fraction of sp³-hybridized carbons (Fsp3) is 0.562. The number of amides is 2. The second-order valence-electron chi connectivity index (χ2n) is 6.22. The van der Waals surface area contributed by atoms with Crippen molar-refractivity contribution in [1.29, 1.82) is 0 Å². The summed E-state index contributed by atoms with van der Waals surface area (Å²) < 4.78 is 0. The Morgan fingerprint density at radius 1 is 1.00 bits per heavy atom. The minimum Gasteiger partial charge on any atom is -0.322 e. The van der Waals surface area contributed by atoms with Gasteiger partial charge in [-0.05, 0) is 31.0 Å². The quantitative estimate of drug-likeness (QED) is 0.723. The molecule has 3 aliphatic rings. The van der Waals surface area contributed by atoms with Crippen LogP contribution in [0.15, 0.2) is 24.3 Å². The van der Waals surface area contributed by atoms with Gasteiger partial charge in [-0.25, -0.2) is 4.79 Å². The number of likely N-dealkylation sites (N-methyl/N-ethyl adjacent to an activating group) is 1. The lowest BCUT2D eigenvalue weighted by atomic mass is 9.92. The molecule has 0 saturated carbocycles. The van der Waals surface area contributed by atoms with Crippen molar-refractivity contribution in [1.82, 2.24) is 14.7 Å². The predicted molar refractivity (Wildman–Crippen MR) is 77.5 cm³/mol. The van der Waals surface area contributed by atoms with E-state index < -0.39 is 0 Å². The van der Waals surface area contributed by atoms with Crippen molar-refractivity contribution >= 4 is 6.03 Å². The second-order valence-corrected chi connectivity index (χ2v) is 6.22. The molecule has 0 radical (unpaired) electrons. The number of benzene rings is 1. The van der Waals surface area contributed by atoms with Crippen LogP contribution in [-0.2, 0) is 0 Å². The second kappa shape index (κ2) is 4.48. The molecule has 2 unspecified atom stereocenters. The van der Waals surface area contributed by atoms with Crippen LogP contribution in [0.3, 0.4) is 0 Å². The summed E-state index contributed by atoms with van der Waals surface area (Å²) in [5.74, 6) is 0. The Bertz CT molecular complexity index is 505. The van der Waals surface area contributed by atoms with E-state index in [9.17, 15) is 4.79 Å². The predicted octanol–water partition coefficient (Wildman–Crippen LogP) is 2.25. The third-order valence-corrected chi connectivity index (χ3v) is 5.09. The lowest BCUT2D eigenvalue weighted by Gasteiger charge is -2.36. The highest BCUT2D eigenvalue weighted by molar-refractivity contribution is 5.77. The van der Waals surface area contributed by atoms with Gasteiger partial charge in [-0.2, -0.15) is 0 Å². The van der Waals surface area contributed by atoms with E-state index in [-0.39, 0.29) is 6.03 Å². The van der Waals surface area contributed by atoms with Crippen molar-refractivity contribution in [3.63, 3.8) is 0 Å². The zero-order valence-electron chi connectivity index (χ0n) is 12.0. The number of carbonyl (C=O) groups excluding carboxylic acids is 1. The number of fused-ring (bicyclic) bond motifs is 5. The monoisotopic (exact) mass is 271 g/mol. The van der Waals surface area contributed by atoms with Crippen molar-refractivity contribution < 1.29 is 4.79 Å². The molecule has 20 heavy (non-hydrogen) atoms. The lowest BCUT2D eigenvalue weighted by molar-refractivity contribution is 0.112. The van der Waals surface area contributed by atoms with Gasteiger partial charge in [0.2, 0.25) is 0 Å². The molecule has 106 valence electrons. The van der Waals surface area contributed by atoms with Crippen molar-refractivity contribution in [2.24, 2.45) is 0 Å². The Morgan fingerprint density at radius 2 is 1.55 bits per heavy atom. The molecule has 0 N–H and O–H groups in total. The van der Waals surface area contributed by atoms with Crippen LogP contribution in [0.4, 0.5) is 4.79 Å². The van der Waals surface area contributed by atoms with Crippen LogP contribution in [0, 0.1) is 0 Å². The van der Waals surface area contributed by atoms with Crippen LogP contribution in [0.5, 0.6) is 0 Å². The molecule has 1 aromatic carbocycles. The first-order chi connectivity index (χ1) is 9.75. The first-order valence-corrected chi connectivity index (χ1v) is 7.60. The van der Waals surface area contributed by atoms with E-state index in [0.29, 0.717) is 12.1 Å². The molecule has 4 heteroatoms. The zero-order chi connectivity index (χ0) is 13.7. The number of piperazine rings is 1. The lowest BCUT2D eigenvalue weighted by Crippen LogP contribution is -2.51.